The SMILES string of the molecule is COC(=O)c1ccc(NC(=O)N2CCN(C(=O)c3nonc3N)CC2)cc1. The van der Waals surface area contributed by atoms with Gasteiger partial charge in [0.15, 0.2) is 0 Å². The highest BCUT2D eigenvalue weighted by atomic mass is 16.6. The molecule has 0 bridgehead atoms. The molecule has 0 radical (unpaired) electrons. The third-order valence-electron chi connectivity index (χ3n) is 4.13. The van der Waals surface area contributed by atoms with Crippen molar-refractivity contribution in [2.45, 2.75) is 0 Å². The molecular weight excluding hydrogens is 356 g/mol. The Morgan fingerprint density at radius 2 is 1.70 bits per heavy atom. The Balaban J connectivity index is 1.53. The van der Waals surface area contributed by atoms with Crippen LogP contribution in [0.3, 0.4) is 0 Å². The van der Waals surface area contributed by atoms with Crippen molar-refractivity contribution in [1.29, 1.82) is 0 Å². The number of hydrogen-bond acceptors (Lipinski definition) is 8. The van der Waals surface area contributed by atoms with Gasteiger partial charge in [-0.25, -0.2) is 14.2 Å². The van der Waals surface area contributed by atoms with Crippen molar-refractivity contribution in [2.24, 2.45) is 0 Å². The summed E-state index contributed by atoms with van der Waals surface area (Å²) >= 11 is 0. The molecule has 27 heavy (non-hydrogen) atoms. The summed E-state index contributed by atoms with van der Waals surface area (Å²) in [4.78, 5) is 39.2. The highest BCUT2D eigenvalue weighted by Gasteiger charge is 2.28. The first kappa shape index (κ1) is 18.2. The molecule has 3 rings (SSSR count). The Morgan fingerprint density at radius 1 is 1.07 bits per heavy atom. The van der Waals surface area contributed by atoms with Gasteiger partial charge in [-0.2, -0.15) is 0 Å². The number of urea groups is 1. The highest BCUT2D eigenvalue weighted by Crippen LogP contribution is 2.14. The number of anilines is 2. The quantitative estimate of drug-likeness (QED) is 0.736. The summed E-state index contributed by atoms with van der Waals surface area (Å²) in [6, 6.07) is 6.06. The van der Waals surface area contributed by atoms with E-state index >= 15 is 0 Å². The number of hydrogen-bond donors (Lipinski definition) is 2. The first-order chi connectivity index (χ1) is 13.0. The van der Waals surface area contributed by atoms with Gasteiger partial charge >= 0.3 is 12.0 Å². The predicted molar refractivity (Wildman–Crippen MR) is 93.0 cm³/mol. The van der Waals surface area contributed by atoms with Crippen LogP contribution in [-0.2, 0) is 4.74 Å². The van der Waals surface area contributed by atoms with Crippen molar-refractivity contribution in [1.82, 2.24) is 20.1 Å². The normalized spacial score (nSPS) is 14.0. The summed E-state index contributed by atoms with van der Waals surface area (Å²) in [5, 5.41) is 9.63. The van der Waals surface area contributed by atoms with E-state index < -0.39 is 5.97 Å². The van der Waals surface area contributed by atoms with E-state index in [0.717, 1.165) is 0 Å². The number of aromatic nitrogens is 2. The number of piperazine rings is 1. The van der Waals surface area contributed by atoms with Gasteiger partial charge in [-0.1, -0.05) is 0 Å². The Kier molecular flexibility index (Phi) is 5.20. The number of carbonyl (C=O) groups excluding carboxylic acids is 3. The lowest BCUT2D eigenvalue weighted by atomic mass is 10.2. The second-order valence-electron chi connectivity index (χ2n) is 5.78. The summed E-state index contributed by atoms with van der Waals surface area (Å²) in [7, 11) is 1.30. The van der Waals surface area contributed by atoms with E-state index in [-0.39, 0.29) is 23.5 Å². The molecule has 1 aromatic heterocycles. The maximum atomic E-state index is 12.4. The summed E-state index contributed by atoms with van der Waals surface area (Å²) in [6.07, 6.45) is 0. The van der Waals surface area contributed by atoms with E-state index in [4.69, 9.17) is 5.73 Å². The molecule has 0 saturated carbocycles. The van der Waals surface area contributed by atoms with E-state index in [1.807, 2.05) is 0 Å². The van der Waals surface area contributed by atoms with E-state index in [1.165, 1.54) is 12.0 Å². The lowest BCUT2D eigenvalue weighted by Gasteiger charge is -2.34. The zero-order valence-electron chi connectivity index (χ0n) is 14.5. The lowest BCUT2D eigenvalue weighted by molar-refractivity contribution is 0.0600. The van der Waals surface area contributed by atoms with Gasteiger partial charge in [0, 0.05) is 31.9 Å². The largest absolute Gasteiger partial charge is 0.465 e. The van der Waals surface area contributed by atoms with Gasteiger partial charge in [0.05, 0.1) is 12.7 Å². The third-order valence-corrected chi connectivity index (χ3v) is 4.13. The van der Waals surface area contributed by atoms with Crippen LogP contribution in [-0.4, -0.2) is 71.3 Å². The van der Waals surface area contributed by atoms with Crippen LogP contribution in [0.2, 0.25) is 0 Å². The number of benzene rings is 1. The molecule has 11 heteroatoms. The molecule has 2 heterocycles. The van der Waals surface area contributed by atoms with Crippen LogP contribution < -0.4 is 11.1 Å². The van der Waals surface area contributed by atoms with Crippen molar-refractivity contribution in [3.63, 3.8) is 0 Å². The minimum absolute atomic E-state index is 0.0291. The first-order valence-electron chi connectivity index (χ1n) is 8.11. The van der Waals surface area contributed by atoms with Crippen LogP contribution in [0.5, 0.6) is 0 Å². The third kappa shape index (κ3) is 3.97. The number of nitrogens with one attached hydrogen (secondary N) is 1. The van der Waals surface area contributed by atoms with Gasteiger partial charge in [0.2, 0.25) is 11.5 Å². The average molecular weight is 374 g/mol. The summed E-state index contributed by atoms with van der Waals surface area (Å²) < 4.78 is 9.06. The van der Waals surface area contributed by atoms with Crippen LogP contribution in [0.1, 0.15) is 20.8 Å². The summed E-state index contributed by atoms with van der Waals surface area (Å²) in [6.45, 7) is 1.37. The molecule has 0 unspecified atom stereocenters. The molecule has 1 saturated heterocycles. The van der Waals surface area contributed by atoms with Crippen LogP contribution in [0, 0.1) is 0 Å². The van der Waals surface area contributed by atoms with Gasteiger partial charge < -0.3 is 25.6 Å². The predicted octanol–water partition coefficient (Wildman–Crippen LogP) is 0.428. The molecule has 1 fully saturated rings. The standard InChI is InChI=1S/C16H18N6O5/c1-26-15(24)10-2-4-11(5-3-10)18-16(25)22-8-6-21(7-9-22)14(23)12-13(17)20-27-19-12/h2-5H,6-9H2,1H3,(H2,17,20)(H,18,25). The first-order valence-corrected chi connectivity index (χ1v) is 8.11. The minimum Gasteiger partial charge on any atom is -0.465 e. The fraction of sp³-hybridized carbons (Fsp3) is 0.312. The lowest BCUT2D eigenvalue weighted by Crippen LogP contribution is -2.51. The summed E-state index contributed by atoms with van der Waals surface area (Å²) in [5.74, 6) is -0.889. The molecule has 0 aliphatic carbocycles. The molecule has 1 aliphatic heterocycles. The van der Waals surface area contributed by atoms with Crippen molar-refractivity contribution in [3.05, 3.63) is 35.5 Å². The number of ether oxygens (including phenoxy) is 1. The maximum Gasteiger partial charge on any atom is 0.337 e. The molecule has 1 aromatic carbocycles. The molecule has 142 valence electrons. The van der Waals surface area contributed by atoms with Gasteiger partial charge in [0.1, 0.15) is 0 Å². The maximum absolute atomic E-state index is 12.4. The number of nitrogens with two attached hydrogens (primary N) is 1. The minimum atomic E-state index is -0.448. The smallest absolute Gasteiger partial charge is 0.337 e. The second kappa shape index (κ2) is 7.72. The number of carbonyl (C=O) groups is 3. The van der Waals surface area contributed by atoms with Gasteiger partial charge in [0.25, 0.3) is 5.91 Å². The van der Waals surface area contributed by atoms with E-state index in [0.29, 0.717) is 37.4 Å². The molecule has 3 amide bonds. The number of nitrogens with zero attached hydrogens (tertiary/aromatic N) is 4. The Morgan fingerprint density at radius 3 is 2.26 bits per heavy atom. The number of nitrogen functional groups attached to an aromatic ring is 1. The Labute approximate surface area is 154 Å². The zero-order chi connectivity index (χ0) is 19.4. The van der Waals surface area contributed by atoms with Crippen molar-refractivity contribution < 1.29 is 23.7 Å². The van der Waals surface area contributed by atoms with Crippen molar-refractivity contribution in [3.8, 4) is 0 Å². The fourth-order valence-corrected chi connectivity index (χ4v) is 2.62. The zero-order valence-corrected chi connectivity index (χ0v) is 14.5. The molecule has 1 aliphatic rings. The number of methoxy groups -OCH3 is 1. The van der Waals surface area contributed by atoms with E-state index in [2.05, 4.69) is 25.0 Å². The number of rotatable bonds is 3. The topological polar surface area (TPSA) is 144 Å². The molecule has 11 nitrogen and oxygen atoms in total. The average Bonchev–Trinajstić information content (AvgIpc) is 3.13. The van der Waals surface area contributed by atoms with Gasteiger partial charge in [-0.15, -0.1) is 0 Å². The Bertz CT molecular complexity index is 841. The van der Waals surface area contributed by atoms with Crippen LogP contribution in [0.15, 0.2) is 28.9 Å². The fourth-order valence-electron chi connectivity index (χ4n) is 2.62. The van der Waals surface area contributed by atoms with Crippen LogP contribution >= 0.6 is 0 Å². The molecule has 0 spiro atoms. The van der Waals surface area contributed by atoms with Gasteiger partial charge in [-0.3, -0.25) is 4.79 Å². The monoisotopic (exact) mass is 374 g/mol. The van der Waals surface area contributed by atoms with Crippen molar-refractivity contribution in [2.75, 3.05) is 44.3 Å². The van der Waals surface area contributed by atoms with Gasteiger partial charge in [-0.05, 0) is 34.6 Å². The van der Waals surface area contributed by atoms with E-state index in [1.54, 1.807) is 29.2 Å². The van der Waals surface area contributed by atoms with Crippen LogP contribution in [0.25, 0.3) is 0 Å². The van der Waals surface area contributed by atoms with Crippen molar-refractivity contribution >= 4 is 29.4 Å². The molecule has 3 N–H and O–H groups in total. The highest BCUT2D eigenvalue weighted by molar-refractivity contribution is 5.96. The number of esters is 1. The molecular formula is C16H18N6O5. The Hall–Kier alpha value is -3.63. The molecule has 0 atom stereocenters. The molecule has 2 aromatic rings. The second-order valence-corrected chi connectivity index (χ2v) is 5.78. The van der Waals surface area contributed by atoms with Crippen LogP contribution in [0.4, 0.5) is 16.3 Å². The van der Waals surface area contributed by atoms with E-state index in [9.17, 15) is 14.4 Å². The summed E-state index contributed by atoms with van der Waals surface area (Å²) in [5.41, 5.74) is 6.44. The number of amides is 3.